The third-order valence-corrected chi connectivity index (χ3v) is 4.04. The van der Waals surface area contributed by atoms with Crippen LogP contribution in [-0.2, 0) is 4.74 Å². The van der Waals surface area contributed by atoms with Crippen LogP contribution in [0.25, 0.3) is 0 Å². The van der Waals surface area contributed by atoms with Crippen LogP contribution in [0.2, 0.25) is 0 Å². The van der Waals surface area contributed by atoms with E-state index in [1.54, 1.807) is 0 Å². The van der Waals surface area contributed by atoms with E-state index >= 15 is 0 Å². The first kappa shape index (κ1) is 14.0. The molecule has 1 aromatic heterocycles. The Hall–Kier alpha value is -1.95. The molecule has 6 nitrogen and oxygen atoms in total. The Balaban J connectivity index is 1.58. The van der Waals surface area contributed by atoms with Crippen molar-refractivity contribution in [3.05, 3.63) is 29.6 Å². The lowest BCUT2D eigenvalue weighted by Gasteiger charge is -2.30. The van der Waals surface area contributed by atoms with Gasteiger partial charge < -0.3 is 15.2 Å². The lowest BCUT2D eigenvalue weighted by molar-refractivity contribution is -0.0102. The molecule has 1 aromatic rings. The largest absolute Gasteiger partial charge is 0.477 e. The number of amides is 1. The molecule has 2 aliphatic rings. The number of nitrogens with one attached hydrogen (secondary N) is 1. The molecular weight excluding hydrogens is 272 g/mol. The number of carboxylic acid groups (broad SMARTS) is 1. The van der Waals surface area contributed by atoms with Gasteiger partial charge in [0.1, 0.15) is 5.69 Å². The molecule has 6 heteroatoms. The van der Waals surface area contributed by atoms with Gasteiger partial charge in [0.2, 0.25) is 0 Å². The molecule has 0 bridgehead atoms. The normalized spacial score (nSPS) is 25.3. The summed E-state index contributed by atoms with van der Waals surface area (Å²) < 4.78 is 5.73. The number of hydrogen-bond acceptors (Lipinski definition) is 4. The SMILES string of the molecule is O=C(NC1CCOC(C2CC2)C1)c1ccc(C(=O)O)nc1. The Labute approximate surface area is 122 Å². The number of nitrogens with zero attached hydrogens (tertiary/aromatic N) is 1. The summed E-state index contributed by atoms with van der Waals surface area (Å²) in [6.45, 7) is 0.683. The summed E-state index contributed by atoms with van der Waals surface area (Å²) >= 11 is 0. The third kappa shape index (κ3) is 3.39. The third-order valence-electron chi connectivity index (χ3n) is 4.04. The van der Waals surface area contributed by atoms with Gasteiger partial charge in [-0.25, -0.2) is 9.78 Å². The average molecular weight is 290 g/mol. The van der Waals surface area contributed by atoms with E-state index < -0.39 is 5.97 Å². The molecule has 2 heterocycles. The molecule has 1 saturated carbocycles. The molecule has 2 atom stereocenters. The number of carbonyl (C=O) groups is 2. The first-order chi connectivity index (χ1) is 10.1. The molecule has 1 aliphatic carbocycles. The molecule has 1 aliphatic heterocycles. The summed E-state index contributed by atoms with van der Waals surface area (Å²) in [6, 6.07) is 2.95. The molecule has 2 unspecified atom stereocenters. The second kappa shape index (κ2) is 5.81. The number of carboxylic acids is 1. The number of pyridine rings is 1. The molecular formula is C15H18N2O4. The van der Waals surface area contributed by atoms with Crippen molar-refractivity contribution in [2.75, 3.05) is 6.61 Å². The van der Waals surface area contributed by atoms with Crippen molar-refractivity contribution < 1.29 is 19.4 Å². The van der Waals surface area contributed by atoms with Gasteiger partial charge in [-0.05, 0) is 43.7 Å². The van der Waals surface area contributed by atoms with E-state index in [0.717, 1.165) is 12.8 Å². The fourth-order valence-corrected chi connectivity index (χ4v) is 2.68. The monoisotopic (exact) mass is 290 g/mol. The van der Waals surface area contributed by atoms with Crippen LogP contribution in [0, 0.1) is 5.92 Å². The first-order valence-corrected chi connectivity index (χ1v) is 7.25. The van der Waals surface area contributed by atoms with Gasteiger partial charge in [0.25, 0.3) is 5.91 Å². The predicted octanol–water partition coefficient (Wildman–Crippen LogP) is 1.47. The van der Waals surface area contributed by atoms with Crippen LogP contribution < -0.4 is 5.32 Å². The topological polar surface area (TPSA) is 88.5 Å². The summed E-state index contributed by atoms with van der Waals surface area (Å²) in [4.78, 5) is 26.6. The van der Waals surface area contributed by atoms with E-state index in [-0.39, 0.29) is 23.7 Å². The van der Waals surface area contributed by atoms with E-state index in [2.05, 4.69) is 10.3 Å². The predicted molar refractivity (Wildman–Crippen MR) is 74.1 cm³/mol. The fraction of sp³-hybridized carbons (Fsp3) is 0.533. The zero-order valence-corrected chi connectivity index (χ0v) is 11.6. The minimum Gasteiger partial charge on any atom is -0.477 e. The van der Waals surface area contributed by atoms with Crippen LogP contribution in [0.15, 0.2) is 18.3 Å². The van der Waals surface area contributed by atoms with Crippen molar-refractivity contribution in [3.8, 4) is 0 Å². The van der Waals surface area contributed by atoms with Crippen molar-refractivity contribution in [1.29, 1.82) is 0 Å². The quantitative estimate of drug-likeness (QED) is 0.876. The first-order valence-electron chi connectivity index (χ1n) is 7.25. The molecule has 1 amide bonds. The Kier molecular flexibility index (Phi) is 3.88. The molecule has 2 fully saturated rings. The summed E-state index contributed by atoms with van der Waals surface area (Å²) in [5.74, 6) is -0.638. The Morgan fingerprint density at radius 1 is 1.29 bits per heavy atom. The van der Waals surface area contributed by atoms with Gasteiger partial charge in [-0.1, -0.05) is 0 Å². The maximum Gasteiger partial charge on any atom is 0.354 e. The van der Waals surface area contributed by atoms with Gasteiger partial charge in [0.15, 0.2) is 0 Å². The van der Waals surface area contributed by atoms with Gasteiger partial charge in [0.05, 0.1) is 11.7 Å². The van der Waals surface area contributed by atoms with Crippen LogP contribution in [0.3, 0.4) is 0 Å². The minimum absolute atomic E-state index is 0.0635. The standard InChI is InChI=1S/C15H18N2O4/c18-14(10-3-4-12(15(19)20)16-8-10)17-11-5-6-21-13(7-11)9-1-2-9/h3-4,8-9,11,13H,1-2,5-7H2,(H,17,18)(H,19,20). The number of carbonyl (C=O) groups excluding carboxylic acids is 1. The van der Waals surface area contributed by atoms with Gasteiger partial charge in [0, 0.05) is 18.8 Å². The summed E-state index contributed by atoms with van der Waals surface area (Å²) in [5, 5.41) is 11.8. The number of hydrogen-bond donors (Lipinski definition) is 2. The Morgan fingerprint density at radius 2 is 2.10 bits per heavy atom. The molecule has 1 saturated heterocycles. The molecule has 21 heavy (non-hydrogen) atoms. The molecule has 0 spiro atoms. The van der Waals surface area contributed by atoms with Crippen LogP contribution in [0.5, 0.6) is 0 Å². The Morgan fingerprint density at radius 3 is 2.71 bits per heavy atom. The average Bonchev–Trinajstić information content (AvgIpc) is 3.32. The van der Waals surface area contributed by atoms with Crippen molar-refractivity contribution in [2.24, 2.45) is 5.92 Å². The zero-order chi connectivity index (χ0) is 14.8. The molecule has 112 valence electrons. The molecule has 0 aromatic carbocycles. The second-order valence-corrected chi connectivity index (χ2v) is 5.68. The van der Waals surface area contributed by atoms with Crippen LogP contribution in [0.4, 0.5) is 0 Å². The lowest BCUT2D eigenvalue weighted by atomic mass is 10.00. The highest BCUT2D eigenvalue weighted by Gasteiger charge is 2.36. The number of aromatic carboxylic acids is 1. The van der Waals surface area contributed by atoms with Crippen LogP contribution in [-0.4, -0.2) is 40.7 Å². The number of rotatable bonds is 4. The van der Waals surface area contributed by atoms with E-state index in [0.29, 0.717) is 18.1 Å². The number of ether oxygens (including phenoxy) is 1. The van der Waals surface area contributed by atoms with Crippen molar-refractivity contribution >= 4 is 11.9 Å². The maximum atomic E-state index is 12.1. The van der Waals surface area contributed by atoms with Crippen molar-refractivity contribution in [3.63, 3.8) is 0 Å². The van der Waals surface area contributed by atoms with Crippen LogP contribution >= 0.6 is 0 Å². The molecule has 0 radical (unpaired) electrons. The fourth-order valence-electron chi connectivity index (χ4n) is 2.68. The summed E-state index contributed by atoms with van der Waals surface area (Å²) in [7, 11) is 0. The van der Waals surface area contributed by atoms with Crippen molar-refractivity contribution in [2.45, 2.75) is 37.8 Å². The van der Waals surface area contributed by atoms with Gasteiger partial charge >= 0.3 is 5.97 Å². The zero-order valence-electron chi connectivity index (χ0n) is 11.6. The minimum atomic E-state index is -1.10. The smallest absolute Gasteiger partial charge is 0.354 e. The highest BCUT2D eigenvalue weighted by Crippen LogP contribution is 2.38. The van der Waals surface area contributed by atoms with Gasteiger partial charge in [-0.2, -0.15) is 0 Å². The van der Waals surface area contributed by atoms with Gasteiger partial charge in [-0.15, -0.1) is 0 Å². The Bertz CT molecular complexity index is 539. The van der Waals surface area contributed by atoms with Crippen LogP contribution in [0.1, 0.15) is 46.5 Å². The highest BCUT2D eigenvalue weighted by atomic mass is 16.5. The second-order valence-electron chi connectivity index (χ2n) is 5.68. The number of aromatic nitrogens is 1. The lowest BCUT2D eigenvalue weighted by Crippen LogP contribution is -2.42. The summed E-state index contributed by atoms with van der Waals surface area (Å²) in [5.41, 5.74) is 0.320. The van der Waals surface area contributed by atoms with E-state index in [1.807, 2.05) is 0 Å². The van der Waals surface area contributed by atoms with E-state index in [1.165, 1.54) is 31.2 Å². The summed E-state index contributed by atoms with van der Waals surface area (Å²) in [6.07, 6.45) is 5.71. The van der Waals surface area contributed by atoms with Crippen molar-refractivity contribution in [1.82, 2.24) is 10.3 Å². The molecule has 2 N–H and O–H groups in total. The molecule has 3 rings (SSSR count). The van der Waals surface area contributed by atoms with E-state index in [4.69, 9.17) is 9.84 Å². The maximum absolute atomic E-state index is 12.1. The highest BCUT2D eigenvalue weighted by molar-refractivity contribution is 5.95. The van der Waals surface area contributed by atoms with Gasteiger partial charge in [-0.3, -0.25) is 4.79 Å². The van der Waals surface area contributed by atoms with E-state index in [9.17, 15) is 9.59 Å².